The van der Waals surface area contributed by atoms with E-state index < -0.39 is 0 Å². The van der Waals surface area contributed by atoms with E-state index in [1.807, 2.05) is 22.8 Å². The molecule has 1 atom stereocenters. The van der Waals surface area contributed by atoms with Crippen molar-refractivity contribution < 1.29 is 9.47 Å². The molecule has 0 aliphatic carbocycles. The topological polar surface area (TPSA) is 36.3 Å². The van der Waals surface area contributed by atoms with Gasteiger partial charge in [0, 0.05) is 14.2 Å². The highest BCUT2D eigenvalue weighted by atomic mass is 35.5. The number of ether oxygens (including phenoxy) is 2. The lowest BCUT2D eigenvalue weighted by molar-refractivity contribution is 0.0186. The Labute approximate surface area is 122 Å². The Bertz CT molecular complexity index is 557. The zero-order valence-corrected chi connectivity index (χ0v) is 12.4. The summed E-state index contributed by atoms with van der Waals surface area (Å²) in [4.78, 5) is 4.48. The van der Waals surface area contributed by atoms with E-state index in [9.17, 15) is 0 Å². The lowest BCUT2D eigenvalue weighted by atomic mass is 10.3. The van der Waals surface area contributed by atoms with Gasteiger partial charge >= 0.3 is 0 Å². The Morgan fingerprint density at radius 2 is 2.16 bits per heavy atom. The largest absolute Gasteiger partial charge is 0.382 e. The second-order valence-electron chi connectivity index (χ2n) is 4.19. The first-order valence-electron chi connectivity index (χ1n) is 5.92. The molecular weight excluding hydrogens is 287 g/mol. The van der Waals surface area contributed by atoms with Gasteiger partial charge in [0.1, 0.15) is 11.3 Å². The van der Waals surface area contributed by atoms with Crippen molar-refractivity contribution in [3.63, 3.8) is 0 Å². The number of benzene rings is 1. The summed E-state index contributed by atoms with van der Waals surface area (Å²) in [7, 11) is 3.31. The van der Waals surface area contributed by atoms with Gasteiger partial charge in [-0.15, -0.1) is 11.6 Å². The van der Waals surface area contributed by atoms with E-state index in [4.69, 9.17) is 32.7 Å². The maximum atomic E-state index is 6.16. The molecule has 6 heteroatoms. The van der Waals surface area contributed by atoms with Gasteiger partial charge in [0.2, 0.25) is 0 Å². The molecule has 0 N–H and O–H groups in total. The van der Waals surface area contributed by atoms with E-state index in [0.717, 1.165) is 16.9 Å². The molecule has 0 aliphatic rings. The minimum atomic E-state index is -0.0525. The van der Waals surface area contributed by atoms with Crippen LogP contribution in [0, 0.1) is 0 Å². The van der Waals surface area contributed by atoms with Crippen molar-refractivity contribution in [2.75, 3.05) is 20.8 Å². The standard InChI is InChI=1S/C13H16Cl2N2O2/c1-18-8-9(19-2)7-17-11-5-3-4-10(15)13(11)16-12(17)6-14/h3-5,9H,6-8H2,1-2H3. The summed E-state index contributed by atoms with van der Waals surface area (Å²) in [6, 6.07) is 5.70. The quantitative estimate of drug-likeness (QED) is 0.769. The van der Waals surface area contributed by atoms with Gasteiger partial charge in [-0.2, -0.15) is 0 Å². The van der Waals surface area contributed by atoms with Crippen LogP contribution in [0.4, 0.5) is 0 Å². The number of fused-ring (bicyclic) bond motifs is 1. The fourth-order valence-corrected chi connectivity index (χ4v) is 2.47. The van der Waals surface area contributed by atoms with E-state index in [0.29, 0.717) is 24.1 Å². The Morgan fingerprint density at radius 3 is 2.79 bits per heavy atom. The molecule has 0 saturated carbocycles. The van der Waals surface area contributed by atoms with E-state index in [1.54, 1.807) is 14.2 Å². The fourth-order valence-electron chi connectivity index (χ4n) is 2.05. The van der Waals surface area contributed by atoms with E-state index in [1.165, 1.54) is 0 Å². The van der Waals surface area contributed by atoms with Gasteiger partial charge in [0.15, 0.2) is 0 Å². The van der Waals surface area contributed by atoms with Crippen LogP contribution in [-0.2, 0) is 21.9 Å². The van der Waals surface area contributed by atoms with Gasteiger partial charge < -0.3 is 14.0 Å². The maximum absolute atomic E-state index is 6.16. The molecule has 0 radical (unpaired) electrons. The molecule has 2 aromatic rings. The number of methoxy groups -OCH3 is 2. The number of hydrogen-bond donors (Lipinski definition) is 0. The number of hydrogen-bond acceptors (Lipinski definition) is 3. The van der Waals surface area contributed by atoms with Gasteiger partial charge in [-0.05, 0) is 12.1 Å². The third kappa shape index (κ3) is 3.03. The summed E-state index contributed by atoms with van der Waals surface area (Å²) in [5.41, 5.74) is 1.73. The molecule has 0 fully saturated rings. The molecule has 0 amide bonds. The molecule has 0 spiro atoms. The maximum Gasteiger partial charge on any atom is 0.125 e. The smallest absolute Gasteiger partial charge is 0.125 e. The Morgan fingerprint density at radius 1 is 1.37 bits per heavy atom. The molecule has 104 valence electrons. The first-order chi connectivity index (χ1) is 9.21. The Kier molecular flexibility index (Phi) is 5.05. The number of nitrogens with zero attached hydrogens (tertiary/aromatic N) is 2. The van der Waals surface area contributed by atoms with Gasteiger partial charge in [0.05, 0.1) is 35.7 Å². The third-order valence-electron chi connectivity index (χ3n) is 3.00. The lowest BCUT2D eigenvalue weighted by Crippen LogP contribution is -2.24. The van der Waals surface area contributed by atoms with Crippen LogP contribution in [0.2, 0.25) is 5.02 Å². The minimum Gasteiger partial charge on any atom is -0.382 e. The second-order valence-corrected chi connectivity index (χ2v) is 4.87. The molecule has 1 unspecified atom stereocenters. The van der Waals surface area contributed by atoms with Crippen LogP contribution in [-0.4, -0.2) is 36.5 Å². The SMILES string of the molecule is COCC(Cn1c(CCl)nc2c(Cl)cccc21)OC. The van der Waals surface area contributed by atoms with Crippen molar-refractivity contribution in [3.05, 3.63) is 29.0 Å². The van der Waals surface area contributed by atoms with Gasteiger partial charge in [-0.3, -0.25) is 0 Å². The molecule has 0 aliphatic heterocycles. The number of rotatable bonds is 6. The Hall–Kier alpha value is -0.810. The molecule has 1 aromatic carbocycles. The summed E-state index contributed by atoms with van der Waals surface area (Å²) in [6.07, 6.45) is -0.0525. The molecule has 19 heavy (non-hydrogen) atoms. The van der Waals surface area contributed by atoms with Gasteiger partial charge in [-0.25, -0.2) is 4.98 Å². The number of para-hydroxylation sites is 1. The summed E-state index contributed by atoms with van der Waals surface area (Å²) in [5.74, 6) is 1.11. The van der Waals surface area contributed by atoms with E-state index in [-0.39, 0.29) is 6.10 Å². The highest BCUT2D eigenvalue weighted by Gasteiger charge is 2.16. The molecule has 1 aromatic heterocycles. The average molecular weight is 303 g/mol. The monoisotopic (exact) mass is 302 g/mol. The summed E-state index contributed by atoms with van der Waals surface area (Å²) in [5, 5.41) is 0.628. The molecule has 0 bridgehead atoms. The zero-order chi connectivity index (χ0) is 13.8. The van der Waals surface area contributed by atoms with Crippen LogP contribution in [0.25, 0.3) is 11.0 Å². The van der Waals surface area contributed by atoms with Crippen LogP contribution in [0.1, 0.15) is 5.82 Å². The first-order valence-corrected chi connectivity index (χ1v) is 6.83. The summed E-state index contributed by atoms with van der Waals surface area (Å²) in [6.45, 7) is 1.14. The molecule has 2 rings (SSSR count). The average Bonchev–Trinajstić information content (AvgIpc) is 2.78. The van der Waals surface area contributed by atoms with Crippen LogP contribution in [0.5, 0.6) is 0 Å². The number of alkyl halides is 1. The van der Waals surface area contributed by atoms with Crippen LogP contribution in [0.3, 0.4) is 0 Å². The van der Waals surface area contributed by atoms with Crippen LogP contribution in [0.15, 0.2) is 18.2 Å². The molecule has 0 saturated heterocycles. The van der Waals surface area contributed by atoms with E-state index in [2.05, 4.69) is 4.98 Å². The summed E-state index contributed by atoms with van der Waals surface area (Å²) < 4.78 is 12.6. The minimum absolute atomic E-state index is 0.0525. The van der Waals surface area contributed by atoms with Gasteiger partial charge in [0.25, 0.3) is 0 Å². The van der Waals surface area contributed by atoms with Crippen molar-refractivity contribution in [2.45, 2.75) is 18.5 Å². The zero-order valence-electron chi connectivity index (χ0n) is 10.9. The predicted molar refractivity (Wildman–Crippen MR) is 77.0 cm³/mol. The molecule has 1 heterocycles. The molecular formula is C13H16Cl2N2O2. The second kappa shape index (κ2) is 6.57. The van der Waals surface area contributed by atoms with Crippen LogP contribution < -0.4 is 0 Å². The molecule has 4 nitrogen and oxygen atoms in total. The first kappa shape index (κ1) is 14.6. The number of halogens is 2. The fraction of sp³-hybridized carbons (Fsp3) is 0.462. The van der Waals surface area contributed by atoms with Crippen LogP contribution >= 0.6 is 23.2 Å². The highest BCUT2D eigenvalue weighted by Crippen LogP contribution is 2.25. The number of imidazole rings is 1. The number of aromatic nitrogens is 2. The van der Waals surface area contributed by atoms with Gasteiger partial charge in [-0.1, -0.05) is 17.7 Å². The van der Waals surface area contributed by atoms with E-state index >= 15 is 0 Å². The van der Waals surface area contributed by atoms with Crippen molar-refractivity contribution >= 4 is 34.2 Å². The third-order valence-corrected chi connectivity index (χ3v) is 3.54. The normalized spacial score (nSPS) is 13.1. The van der Waals surface area contributed by atoms with Crippen molar-refractivity contribution in [3.8, 4) is 0 Å². The predicted octanol–water partition coefficient (Wildman–Crippen LogP) is 3.09. The van der Waals surface area contributed by atoms with Crippen molar-refractivity contribution in [1.82, 2.24) is 9.55 Å². The highest BCUT2D eigenvalue weighted by molar-refractivity contribution is 6.35. The lowest BCUT2D eigenvalue weighted by Gasteiger charge is -2.17. The van der Waals surface area contributed by atoms with Crippen molar-refractivity contribution in [1.29, 1.82) is 0 Å². The Balaban J connectivity index is 2.42. The van der Waals surface area contributed by atoms with Crippen molar-refractivity contribution in [2.24, 2.45) is 0 Å². The summed E-state index contributed by atoms with van der Waals surface area (Å²) >= 11 is 12.1.